The van der Waals surface area contributed by atoms with Gasteiger partial charge in [0.25, 0.3) is 0 Å². The van der Waals surface area contributed by atoms with Gasteiger partial charge in [0.05, 0.1) is 0 Å². The van der Waals surface area contributed by atoms with Crippen LogP contribution in [0.25, 0.3) is 0 Å². The Morgan fingerprint density at radius 3 is 1.38 bits per heavy atom. The summed E-state index contributed by atoms with van der Waals surface area (Å²) in [4.78, 5) is 0. The van der Waals surface area contributed by atoms with Crippen LogP contribution in [0.5, 0.6) is 0 Å². The van der Waals surface area contributed by atoms with Gasteiger partial charge in [-0.1, -0.05) is 19.9 Å². The minimum absolute atomic E-state index is 0. The minimum atomic E-state index is 0. The van der Waals surface area contributed by atoms with Crippen LogP contribution in [0.15, 0.2) is 12.7 Å². The van der Waals surface area contributed by atoms with Gasteiger partial charge in [-0.2, -0.15) is 0 Å². The average Bonchev–Trinajstić information content (AvgIpc) is 1.38. The van der Waals surface area contributed by atoms with Gasteiger partial charge < -0.3 is 34.0 Å². The fraction of sp³-hybridized carbons (Fsp3) is 0.600. The van der Waals surface area contributed by atoms with Gasteiger partial charge in [-0.05, 0) is 5.92 Å². The summed E-state index contributed by atoms with van der Waals surface area (Å²) in [6.45, 7) is 7.77. The smallest absolute Gasteiger partial charge is 1.00 e. The van der Waals surface area contributed by atoms with Crippen LogP contribution < -0.4 is 34.0 Å². The van der Waals surface area contributed by atoms with Gasteiger partial charge in [0.1, 0.15) is 0 Å². The van der Waals surface area contributed by atoms with E-state index < -0.39 is 0 Å². The SMILES string of the molecule is C=CC(C)C.[Br-].[Br-].[Zn+2]. The van der Waals surface area contributed by atoms with Gasteiger partial charge in [0.15, 0.2) is 0 Å². The maximum atomic E-state index is 3.56. The second-order valence-electron chi connectivity index (χ2n) is 1.48. The number of halogens is 2. The van der Waals surface area contributed by atoms with Crippen LogP contribution >= 0.6 is 0 Å². The summed E-state index contributed by atoms with van der Waals surface area (Å²) in [6.07, 6.45) is 1.92. The predicted molar refractivity (Wildman–Crippen MR) is 25.0 cm³/mol. The number of rotatable bonds is 1. The van der Waals surface area contributed by atoms with Crippen LogP contribution in [-0.2, 0) is 19.5 Å². The number of hydrogen-bond donors (Lipinski definition) is 0. The van der Waals surface area contributed by atoms with Crippen molar-refractivity contribution in [3.8, 4) is 0 Å². The van der Waals surface area contributed by atoms with Crippen molar-refractivity contribution in [3.05, 3.63) is 12.7 Å². The number of allylic oxidation sites excluding steroid dienone is 1. The van der Waals surface area contributed by atoms with Crippen LogP contribution in [0.2, 0.25) is 0 Å². The van der Waals surface area contributed by atoms with E-state index in [1.165, 1.54) is 0 Å². The molecule has 0 atom stereocenters. The van der Waals surface area contributed by atoms with Crippen molar-refractivity contribution in [2.75, 3.05) is 0 Å². The molecule has 3 heteroatoms. The Balaban J connectivity index is -0.0000000267. The summed E-state index contributed by atoms with van der Waals surface area (Å²) in [5, 5.41) is 0. The van der Waals surface area contributed by atoms with Crippen molar-refractivity contribution in [1.29, 1.82) is 0 Å². The molecular weight excluding hydrogens is 285 g/mol. The fourth-order valence-electron chi connectivity index (χ4n) is 0. The molecule has 0 aromatic heterocycles. The largest absolute Gasteiger partial charge is 2.00 e. The molecule has 0 amide bonds. The molecule has 0 rings (SSSR count). The van der Waals surface area contributed by atoms with E-state index >= 15 is 0 Å². The monoisotopic (exact) mass is 292 g/mol. The molecule has 0 aromatic rings. The Morgan fingerprint density at radius 2 is 1.38 bits per heavy atom. The van der Waals surface area contributed by atoms with E-state index in [1.807, 2.05) is 6.08 Å². The molecular formula is C5H10Br2Zn. The molecule has 0 aliphatic rings. The number of hydrogen-bond acceptors (Lipinski definition) is 0. The van der Waals surface area contributed by atoms with E-state index in [0.717, 1.165) is 0 Å². The molecule has 0 saturated heterocycles. The van der Waals surface area contributed by atoms with Gasteiger partial charge in [-0.15, -0.1) is 6.58 Å². The standard InChI is InChI=1S/C5H10.2BrH.Zn/c1-4-5(2)3;;;/h4-5H,1H2,2-3H3;2*1H;/q;;;+2/p-2. The van der Waals surface area contributed by atoms with Crippen LogP contribution in [0, 0.1) is 5.92 Å². The molecule has 0 heterocycles. The molecule has 0 aromatic carbocycles. The summed E-state index contributed by atoms with van der Waals surface area (Å²) in [6, 6.07) is 0. The zero-order valence-electron chi connectivity index (χ0n) is 5.32. The van der Waals surface area contributed by atoms with Crippen LogP contribution in [0.3, 0.4) is 0 Å². The van der Waals surface area contributed by atoms with Crippen molar-refractivity contribution in [2.24, 2.45) is 5.92 Å². The van der Waals surface area contributed by atoms with E-state index in [-0.39, 0.29) is 53.4 Å². The summed E-state index contributed by atoms with van der Waals surface area (Å²) in [7, 11) is 0. The van der Waals surface area contributed by atoms with E-state index in [2.05, 4.69) is 20.4 Å². The van der Waals surface area contributed by atoms with Crippen molar-refractivity contribution in [2.45, 2.75) is 13.8 Å². The molecule has 0 unspecified atom stereocenters. The first kappa shape index (κ1) is 22.8. The van der Waals surface area contributed by atoms with Gasteiger partial charge in [-0.3, -0.25) is 0 Å². The maximum absolute atomic E-state index is 3.56. The van der Waals surface area contributed by atoms with Crippen LogP contribution in [0.4, 0.5) is 0 Å². The molecule has 0 bridgehead atoms. The Hall–Kier alpha value is 1.32. The molecule has 0 aliphatic carbocycles. The molecule has 0 aliphatic heterocycles. The molecule has 0 fully saturated rings. The van der Waals surface area contributed by atoms with E-state index in [1.54, 1.807) is 0 Å². The molecule has 0 nitrogen and oxygen atoms in total. The Kier molecular flexibility index (Phi) is 44.9. The zero-order valence-corrected chi connectivity index (χ0v) is 11.5. The molecule has 46 valence electrons. The topological polar surface area (TPSA) is 0 Å². The van der Waals surface area contributed by atoms with Crippen molar-refractivity contribution in [3.63, 3.8) is 0 Å². The van der Waals surface area contributed by atoms with E-state index in [4.69, 9.17) is 0 Å². The van der Waals surface area contributed by atoms with Crippen molar-refractivity contribution < 1.29 is 53.4 Å². The van der Waals surface area contributed by atoms with E-state index in [0.29, 0.717) is 5.92 Å². The second-order valence-corrected chi connectivity index (χ2v) is 1.48. The van der Waals surface area contributed by atoms with Crippen LogP contribution in [0.1, 0.15) is 13.8 Å². The third-order valence-electron chi connectivity index (χ3n) is 0.471. The predicted octanol–water partition coefficient (Wildman–Crippen LogP) is -4.17. The van der Waals surface area contributed by atoms with E-state index in [9.17, 15) is 0 Å². The fourth-order valence-corrected chi connectivity index (χ4v) is 0. The molecule has 0 saturated carbocycles. The summed E-state index contributed by atoms with van der Waals surface area (Å²) in [5.74, 6) is 0.648. The third kappa shape index (κ3) is 26.5. The summed E-state index contributed by atoms with van der Waals surface area (Å²) >= 11 is 0. The van der Waals surface area contributed by atoms with Gasteiger partial charge in [0, 0.05) is 0 Å². The Labute approximate surface area is 85.4 Å². The minimum Gasteiger partial charge on any atom is -1.00 e. The second kappa shape index (κ2) is 15.8. The molecule has 0 N–H and O–H groups in total. The summed E-state index contributed by atoms with van der Waals surface area (Å²) in [5.41, 5.74) is 0. The van der Waals surface area contributed by atoms with Crippen LogP contribution in [-0.4, -0.2) is 0 Å². The summed E-state index contributed by atoms with van der Waals surface area (Å²) < 4.78 is 0. The molecule has 0 radical (unpaired) electrons. The van der Waals surface area contributed by atoms with Gasteiger partial charge >= 0.3 is 19.5 Å². The molecule has 8 heavy (non-hydrogen) atoms. The average molecular weight is 295 g/mol. The first-order valence-corrected chi connectivity index (χ1v) is 1.90. The first-order chi connectivity index (χ1) is 2.27. The van der Waals surface area contributed by atoms with Crippen molar-refractivity contribution >= 4 is 0 Å². The first-order valence-electron chi connectivity index (χ1n) is 1.90. The normalized spacial score (nSPS) is 5.38. The Morgan fingerprint density at radius 1 is 1.25 bits per heavy atom. The maximum Gasteiger partial charge on any atom is 2.00 e. The quantitative estimate of drug-likeness (QED) is 0.340. The molecule has 0 spiro atoms. The third-order valence-corrected chi connectivity index (χ3v) is 0.471. The van der Waals surface area contributed by atoms with Crippen molar-refractivity contribution in [1.82, 2.24) is 0 Å². The van der Waals surface area contributed by atoms with Gasteiger partial charge in [-0.25, -0.2) is 0 Å². The zero-order chi connectivity index (χ0) is 4.28. The van der Waals surface area contributed by atoms with Gasteiger partial charge in [0.2, 0.25) is 0 Å². The Bertz CT molecular complexity index is 37.4.